The molecule has 0 spiro atoms. The third-order valence-electron chi connectivity index (χ3n) is 2.21. The van der Waals surface area contributed by atoms with Gasteiger partial charge in [-0.3, -0.25) is 4.79 Å². The summed E-state index contributed by atoms with van der Waals surface area (Å²) in [6, 6.07) is 6.03. The summed E-state index contributed by atoms with van der Waals surface area (Å²) in [5.74, 6) is -0.137. The number of rotatable bonds is 1. The molecule has 0 saturated carbocycles. The third kappa shape index (κ3) is 1.54. The Labute approximate surface area is 76.0 Å². The zero-order valence-corrected chi connectivity index (χ0v) is 7.16. The molecule has 0 unspecified atom stereocenters. The van der Waals surface area contributed by atoms with Gasteiger partial charge in [-0.25, -0.2) is 4.39 Å². The molecule has 68 valence electrons. The first-order valence-corrected chi connectivity index (χ1v) is 4.33. The maximum atomic E-state index is 12.6. The Morgan fingerprint density at radius 1 is 1.23 bits per heavy atom. The summed E-state index contributed by atoms with van der Waals surface area (Å²) in [4.78, 5) is 13.0. The van der Waals surface area contributed by atoms with Gasteiger partial charge in [0.05, 0.1) is 0 Å². The number of hydrogen-bond acceptors (Lipinski definition) is 1. The molecule has 3 heteroatoms. The average Bonchev–Trinajstić information content (AvgIpc) is 2.53. The summed E-state index contributed by atoms with van der Waals surface area (Å²) in [6.45, 7) is 0.754. The Balaban J connectivity index is 2.25. The number of carbonyl (C=O) groups excluding carboxylic acids is 1. The van der Waals surface area contributed by atoms with E-state index in [1.807, 2.05) is 0 Å². The number of halogens is 1. The minimum Gasteiger partial charge on any atom is -0.312 e. The van der Waals surface area contributed by atoms with Crippen LogP contribution in [-0.4, -0.2) is 12.5 Å². The minimum absolute atomic E-state index is 0.131. The highest BCUT2D eigenvalue weighted by molar-refractivity contribution is 5.95. The van der Waals surface area contributed by atoms with Crippen LogP contribution in [0.25, 0.3) is 0 Å². The lowest BCUT2D eigenvalue weighted by Gasteiger charge is -2.14. The standard InChI is InChI=1S/C10H10FNO/c11-8-3-5-9(6-4-8)12-7-1-2-10(12)13/h3-6H,1-2,7H2/i10+1. The van der Waals surface area contributed by atoms with Crippen molar-refractivity contribution in [3.8, 4) is 0 Å². The Bertz CT molecular complexity index is 320. The number of anilines is 1. The SMILES string of the molecule is O=[13C]1CCCN1c1ccc(F)cc1. The average molecular weight is 180 g/mol. The van der Waals surface area contributed by atoms with E-state index in [0.717, 1.165) is 18.7 Å². The first kappa shape index (κ1) is 8.23. The summed E-state index contributed by atoms with van der Waals surface area (Å²) in [5.41, 5.74) is 0.795. The molecule has 1 aliphatic heterocycles. The molecule has 2 nitrogen and oxygen atoms in total. The second kappa shape index (κ2) is 3.17. The van der Waals surface area contributed by atoms with Gasteiger partial charge in [-0.05, 0) is 30.7 Å². The van der Waals surface area contributed by atoms with Crippen LogP contribution < -0.4 is 4.90 Å². The largest absolute Gasteiger partial charge is 0.312 e. The van der Waals surface area contributed by atoms with Crippen LogP contribution >= 0.6 is 0 Å². The molecule has 0 atom stereocenters. The van der Waals surface area contributed by atoms with Crippen molar-refractivity contribution in [1.82, 2.24) is 0 Å². The predicted molar refractivity (Wildman–Crippen MR) is 48.0 cm³/mol. The van der Waals surface area contributed by atoms with Gasteiger partial charge in [-0.2, -0.15) is 0 Å². The van der Waals surface area contributed by atoms with Crippen molar-refractivity contribution in [2.45, 2.75) is 12.8 Å². The van der Waals surface area contributed by atoms with Gasteiger partial charge in [0.1, 0.15) is 5.82 Å². The van der Waals surface area contributed by atoms with Crippen LogP contribution in [0.2, 0.25) is 0 Å². The van der Waals surface area contributed by atoms with Crippen molar-refractivity contribution in [3.05, 3.63) is 30.1 Å². The molecule has 1 aromatic rings. The van der Waals surface area contributed by atoms with Gasteiger partial charge in [0.25, 0.3) is 0 Å². The monoisotopic (exact) mass is 180 g/mol. The molecular weight excluding hydrogens is 170 g/mol. The maximum Gasteiger partial charge on any atom is 0.227 e. The van der Waals surface area contributed by atoms with Crippen molar-refractivity contribution in [2.24, 2.45) is 0 Å². The van der Waals surface area contributed by atoms with E-state index in [2.05, 4.69) is 0 Å². The van der Waals surface area contributed by atoms with Crippen LogP contribution in [0.5, 0.6) is 0 Å². The van der Waals surface area contributed by atoms with Gasteiger partial charge < -0.3 is 4.90 Å². The van der Waals surface area contributed by atoms with Crippen LogP contribution in [0, 0.1) is 5.82 Å². The van der Waals surface area contributed by atoms with Gasteiger partial charge in [-0.1, -0.05) is 0 Å². The van der Waals surface area contributed by atoms with E-state index in [1.165, 1.54) is 12.1 Å². The molecule has 0 radical (unpaired) electrons. The van der Waals surface area contributed by atoms with Crippen LogP contribution in [-0.2, 0) is 4.79 Å². The molecule has 0 N–H and O–H groups in total. The predicted octanol–water partition coefficient (Wildman–Crippen LogP) is 1.95. The Morgan fingerprint density at radius 2 is 1.92 bits per heavy atom. The molecule has 1 aliphatic rings. The van der Waals surface area contributed by atoms with Crippen LogP contribution in [0.1, 0.15) is 12.8 Å². The zero-order valence-electron chi connectivity index (χ0n) is 7.16. The van der Waals surface area contributed by atoms with E-state index < -0.39 is 0 Å². The second-order valence-corrected chi connectivity index (χ2v) is 3.13. The molecular formula is C10H10FNO. The van der Waals surface area contributed by atoms with Crippen molar-refractivity contribution >= 4 is 11.6 Å². The molecule has 2 rings (SSSR count). The molecule has 0 bridgehead atoms. The Kier molecular flexibility index (Phi) is 2.00. The highest BCUT2D eigenvalue weighted by atomic mass is 19.1. The fraction of sp³-hybridized carbons (Fsp3) is 0.300. The van der Waals surface area contributed by atoms with Crippen molar-refractivity contribution in [3.63, 3.8) is 0 Å². The van der Waals surface area contributed by atoms with E-state index in [4.69, 9.17) is 0 Å². The minimum atomic E-state index is -0.268. The van der Waals surface area contributed by atoms with E-state index in [-0.39, 0.29) is 11.7 Å². The smallest absolute Gasteiger partial charge is 0.227 e. The van der Waals surface area contributed by atoms with E-state index >= 15 is 0 Å². The fourth-order valence-corrected chi connectivity index (χ4v) is 1.54. The van der Waals surface area contributed by atoms with E-state index in [9.17, 15) is 9.18 Å². The summed E-state index contributed by atoms with van der Waals surface area (Å²) in [7, 11) is 0. The molecule has 13 heavy (non-hydrogen) atoms. The maximum absolute atomic E-state index is 12.6. The van der Waals surface area contributed by atoms with E-state index in [0.29, 0.717) is 6.42 Å². The zero-order chi connectivity index (χ0) is 9.26. The molecule has 0 aromatic heterocycles. The summed E-state index contributed by atoms with van der Waals surface area (Å²) >= 11 is 0. The van der Waals surface area contributed by atoms with Crippen molar-refractivity contribution < 1.29 is 9.18 Å². The molecule has 1 heterocycles. The van der Waals surface area contributed by atoms with Crippen molar-refractivity contribution in [1.29, 1.82) is 0 Å². The summed E-state index contributed by atoms with van der Waals surface area (Å²) in [5, 5.41) is 0. The fourth-order valence-electron chi connectivity index (χ4n) is 1.54. The lowest BCUT2D eigenvalue weighted by Crippen LogP contribution is -2.23. The first-order valence-electron chi connectivity index (χ1n) is 4.33. The third-order valence-corrected chi connectivity index (χ3v) is 2.21. The normalized spacial score (nSPS) is 16.7. The van der Waals surface area contributed by atoms with Gasteiger partial charge in [0.2, 0.25) is 5.91 Å². The van der Waals surface area contributed by atoms with E-state index in [1.54, 1.807) is 17.0 Å². The van der Waals surface area contributed by atoms with Gasteiger partial charge in [-0.15, -0.1) is 0 Å². The summed E-state index contributed by atoms with van der Waals surface area (Å²) < 4.78 is 12.6. The van der Waals surface area contributed by atoms with Gasteiger partial charge >= 0.3 is 0 Å². The van der Waals surface area contributed by atoms with Gasteiger partial charge in [0, 0.05) is 18.7 Å². The van der Waals surface area contributed by atoms with Crippen LogP contribution in [0.3, 0.4) is 0 Å². The van der Waals surface area contributed by atoms with Crippen LogP contribution in [0.15, 0.2) is 24.3 Å². The first-order chi connectivity index (χ1) is 6.27. The van der Waals surface area contributed by atoms with Crippen LogP contribution in [0.4, 0.5) is 10.1 Å². The van der Waals surface area contributed by atoms with Gasteiger partial charge in [0.15, 0.2) is 0 Å². The highest BCUT2D eigenvalue weighted by Crippen LogP contribution is 2.20. The quantitative estimate of drug-likeness (QED) is 0.605. The molecule has 0 aliphatic carbocycles. The lowest BCUT2D eigenvalue weighted by molar-refractivity contribution is -0.117. The Morgan fingerprint density at radius 3 is 2.46 bits per heavy atom. The molecule has 1 fully saturated rings. The number of nitrogens with zero attached hydrogens (tertiary/aromatic N) is 1. The number of carbonyl (C=O) groups is 1. The Hall–Kier alpha value is -1.38. The summed E-state index contributed by atoms with van der Waals surface area (Å²) in [6.07, 6.45) is 1.51. The second-order valence-electron chi connectivity index (χ2n) is 3.13. The molecule has 1 aromatic carbocycles. The molecule has 1 amide bonds. The number of amides is 1. The molecule has 1 saturated heterocycles. The number of hydrogen-bond donors (Lipinski definition) is 0. The topological polar surface area (TPSA) is 20.3 Å². The van der Waals surface area contributed by atoms with Crippen molar-refractivity contribution in [2.75, 3.05) is 11.4 Å². The highest BCUT2D eigenvalue weighted by Gasteiger charge is 2.21. The number of benzene rings is 1. The lowest BCUT2D eigenvalue weighted by atomic mass is 10.3.